The van der Waals surface area contributed by atoms with Crippen molar-refractivity contribution < 1.29 is 14.0 Å². The van der Waals surface area contributed by atoms with E-state index in [0.29, 0.717) is 27.0 Å². The molecule has 4 heterocycles. The molecular weight excluding hydrogens is 541 g/mol. The smallest absolute Gasteiger partial charge is 0.324 e. The van der Waals surface area contributed by atoms with Crippen molar-refractivity contribution in [3.8, 4) is 5.13 Å². The number of urea groups is 1. The maximum Gasteiger partial charge on any atom is 0.324 e. The van der Waals surface area contributed by atoms with Gasteiger partial charge in [0.15, 0.2) is 16.6 Å². The first kappa shape index (κ1) is 26.6. The van der Waals surface area contributed by atoms with Crippen LogP contribution in [0.2, 0.25) is 0 Å². The number of aromatic nitrogens is 4. The van der Waals surface area contributed by atoms with Gasteiger partial charge in [0, 0.05) is 24.0 Å². The number of nitrogens with one attached hydrogen (secondary N) is 2. The molecule has 0 bridgehead atoms. The lowest BCUT2D eigenvalue weighted by atomic mass is 9.89. The van der Waals surface area contributed by atoms with Gasteiger partial charge in [-0.15, -0.1) is 0 Å². The maximum atomic E-state index is 14.1. The average molecular weight is 570 g/mol. The molecule has 208 valence electrons. The zero-order valence-electron chi connectivity index (χ0n) is 22.8. The highest BCUT2D eigenvalue weighted by molar-refractivity contribution is 7.18. The Morgan fingerprint density at radius 2 is 1.85 bits per heavy atom. The van der Waals surface area contributed by atoms with Gasteiger partial charge in [0.1, 0.15) is 23.0 Å². The minimum atomic E-state index is -0.419. The molecule has 1 fully saturated rings. The molecule has 1 aliphatic heterocycles. The van der Waals surface area contributed by atoms with Crippen molar-refractivity contribution in [2.45, 2.75) is 33.2 Å². The lowest BCUT2D eigenvalue weighted by Gasteiger charge is -2.26. The van der Waals surface area contributed by atoms with Crippen LogP contribution in [0, 0.1) is 11.2 Å². The summed E-state index contributed by atoms with van der Waals surface area (Å²) in [5.41, 5.74) is 2.77. The third kappa shape index (κ3) is 5.40. The van der Waals surface area contributed by atoms with Gasteiger partial charge in [-0.2, -0.15) is 0 Å². The van der Waals surface area contributed by atoms with Crippen LogP contribution < -0.4 is 15.5 Å². The molecule has 1 unspecified atom stereocenters. The van der Waals surface area contributed by atoms with E-state index >= 15 is 0 Å². The van der Waals surface area contributed by atoms with Gasteiger partial charge in [0.05, 0.1) is 17.6 Å². The summed E-state index contributed by atoms with van der Waals surface area (Å²) >= 11 is 1.31. The van der Waals surface area contributed by atoms with E-state index in [-0.39, 0.29) is 23.1 Å². The first-order valence-electron chi connectivity index (χ1n) is 13.2. The molecule has 2 N–H and O–H groups in total. The summed E-state index contributed by atoms with van der Waals surface area (Å²) in [6.07, 6.45) is 5.89. The van der Waals surface area contributed by atoms with Crippen molar-refractivity contribution in [3.63, 3.8) is 0 Å². The van der Waals surface area contributed by atoms with E-state index in [4.69, 9.17) is 0 Å². The normalized spacial score (nSPS) is 16.2. The highest BCUT2D eigenvalue weighted by atomic mass is 32.1. The lowest BCUT2D eigenvalue weighted by molar-refractivity contribution is 0.101. The Kier molecular flexibility index (Phi) is 6.74. The Balaban J connectivity index is 1.24. The van der Waals surface area contributed by atoms with E-state index < -0.39 is 6.03 Å². The van der Waals surface area contributed by atoms with Crippen LogP contribution in [0.3, 0.4) is 0 Å². The van der Waals surface area contributed by atoms with Gasteiger partial charge in [0.2, 0.25) is 0 Å². The summed E-state index contributed by atoms with van der Waals surface area (Å²) < 4.78 is 16.0. The summed E-state index contributed by atoms with van der Waals surface area (Å²) in [7, 11) is 0. The summed E-state index contributed by atoms with van der Waals surface area (Å²) in [4.78, 5) is 40.0. The monoisotopic (exact) mass is 569 g/mol. The minimum Gasteiger partial charge on any atom is -0.348 e. The van der Waals surface area contributed by atoms with E-state index in [9.17, 15) is 14.0 Å². The van der Waals surface area contributed by atoms with Crippen molar-refractivity contribution in [1.29, 1.82) is 0 Å². The van der Waals surface area contributed by atoms with Crippen molar-refractivity contribution >= 4 is 50.7 Å². The van der Waals surface area contributed by atoms with Gasteiger partial charge < -0.3 is 10.2 Å². The number of ketones is 1. The molecule has 2 aromatic carbocycles. The largest absolute Gasteiger partial charge is 0.348 e. The molecule has 6 rings (SSSR count). The minimum absolute atomic E-state index is 0.0166. The summed E-state index contributed by atoms with van der Waals surface area (Å²) in [5, 5.41) is 7.62. The molecule has 0 radical (unpaired) electrons. The lowest BCUT2D eigenvalue weighted by Crippen LogP contribution is -2.26. The number of halogens is 1. The average Bonchev–Trinajstić information content (AvgIpc) is 3.65. The van der Waals surface area contributed by atoms with E-state index in [1.54, 1.807) is 48.9 Å². The van der Waals surface area contributed by atoms with Gasteiger partial charge >= 0.3 is 6.03 Å². The quantitative estimate of drug-likeness (QED) is 0.217. The summed E-state index contributed by atoms with van der Waals surface area (Å²) in [5.74, 6) is 0.501. The molecule has 2 amide bonds. The number of anilines is 3. The van der Waals surface area contributed by atoms with Gasteiger partial charge in [-0.1, -0.05) is 37.3 Å². The number of hydrogen-bond acceptors (Lipinski definition) is 7. The Bertz CT molecular complexity index is 1760. The molecule has 5 aromatic rings. The summed E-state index contributed by atoms with van der Waals surface area (Å²) in [6.45, 7) is 6.69. The molecular formula is C30H28FN7O2S. The first-order valence-corrected chi connectivity index (χ1v) is 14.0. The van der Waals surface area contributed by atoms with Crippen molar-refractivity contribution in [2.75, 3.05) is 22.1 Å². The van der Waals surface area contributed by atoms with Crippen LogP contribution in [0.4, 0.5) is 25.7 Å². The van der Waals surface area contributed by atoms with Crippen LogP contribution in [-0.4, -0.2) is 37.9 Å². The third-order valence-corrected chi connectivity index (χ3v) is 8.08. The molecule has 1 saturated heterocycles. The van der Waals surface area contributed by atoms with Crippen molar-refractivity contribution in [3.05, 3.63) is 90.3 Å². The topological polar surface area (TPSA) is 105 Å². The molecule has 3 aromatic heterocycles. The van der Waals surface area contributed by atoms with E-state index in [1.165, 1.54) is 24.3 Å². The third-order valence-electron chi connectivity index (χ3n) is 7.17. The Morgan fingerprint density at radius 1 is 1.05 bits per heavy atom. The fourth-order valence-electron chi connectivity index (χ4n) is 5.32. The van der Waals surface area contributed by atoms with Gasteiger partial charge in [-0.25, -0.2) is 24.1 Å². The molecule has 9 nitrogen and oxygen atoms in total. The van der Waals surface area contributed by atoms with Gasteiger partial charge in [-0.05, 0) is 66.8 Å². The van der Waals surface area contributed by atoms with Crippen LogP contribution in [0.15, 0.2) is 73.3 Å². The van der Waals surface area contributed by atoms with Gasteiger partial charge in [-0.3, -0.25) is 14.7 Å². The Hall–Kier alpha value is -4.64. The number of Topliss-reactive ketones (excluding diaryl/α,β-unsaturated/α-hetero) is 1. The molecule has 1 aliphatic rings. The number of rotatable bonds is 6. The summed E-state index contributed by atoms with van der Waals surface area (Å²) in [6, 6.07) is 15.0. The van der Waals surface area contributed by atoms with E-state index in [2.05, 4.69) is 44.3 Å². The van der Waals surface area contributed by atoms with Crippen LogP contribution in [0.25, 0.3) is 16.2 Å². The number of fused-ring (bicyclic) bond motifs is 1. The first-order chi connectivity index (χ1) is 19.7. The fourth-order valence-corrected chi connectivity index (χ4v) is 6.12. The fraction of sp³-hybridized carbons (Fsp3) is 0.233. The maximum absolute atomic E-state index is 14.1. The Morgan fingerprint density at radius 3 is 2.61 bits per heavy atom. The number of amides is 2. The Labute approximate surface area is 240 Å². The second-order valence-corrected chi connectivity index (χ2v) is 11.9. The molecule has 0 spiro atoms. The number of nitrogens with zero attached hydrogens (tertiary/aromatic N) is 5. The van der Waals surface area contributed by atoms with Gasteiger partial charge in [0.25, 0.3) is 0 Å². The number of benzene rings is 2. The predicted molar refractivity (Wildman–Crippen MR) is 159 cm³/mol. The number of thiazole rings is 1. The van der Waals surface area contributed by atoms with E-state index in [0.717, 1.165) is 29.7 Å². The highest BCUT2D eigenvalue weighted by Crippen LogP contribution is 2.46. The van der Waals surface area contributed by atoms with Crippen molar-refractivity contribution in [2.24, 2.45) is 5.41 Å². The van der Waals surface area contributed by atoms with Crippen LogP contribution in [0.5, 0.6) is 0 Å². The molecule has 41 heavy (non-hydrogen) atoms. The molecule has 0 aliphatic carbocycles. The highest BCUT2D eigenvalue weighted by Gasteiger charge is 2.40. The number of carbonyl (C=O) groups excluding carboxylic acids is 2. The zero-order chi connectivity index (χ0) is 28.7. The molecule has 1 atom stereocenters. The van der Waals surface area contributed by atoms with Crippen LogP contribution in [-0.2, 0) is 0 Å². The standard InChI is InChI=1S/C30H28FN7O2S/c1-18(39)19-7-9-22(10-8-19)35-28(40)36-25-15-32-29(41-25)37-12-11-23-26(37)33-17-34-27(23)38-16-30(2,3)14-24(38)20-5-4-6-21(31)13-20/h4-13,15,17,24H,14,16H2,1-3H3,(H2,35,36,40). The SMILES string of the molecule is CC(=O)c1ccc(NC(=O)Nc2cnc(-n3ccc4c(N5CC(C)(C)CC5c5cccc(F)c5)ncnc43)s2)cc1. The van der Waals surface area contributed by atoms with Crippen LogP contribution in [0.1, 0.15) is 49.2 Å². The second-order valence-electron chi connectivity index (χ2n) is 10.9. The second kappa shape index (κ2) is 10.4. The molecule has 0 saturated carbocycles. The number of hydrogen-bond donors (Lipinski definition) is 2. The number of carbonyl (C=O) groups is 2. The van der Waals surface area contributed by atoms with Crippen LogP contribution >= 0.6 is 11.3 Å². The van der Waals surface area contributed by atoms with E-state index in [1.807, 2.05) is 22.9 Å². The zero-order valence-corrected chi connectivity index (χ0v) is 23.6. The molecule has 11 heteroatoms. The predicted octanol–water partition coefficient (Wildman–Crippen LogP) is 6.84. The van der Waals surface area contributed by atoms with Crippen molar-refractivity contribution in [1.82, 2.24) is 19.5 Å².